The first-order valence-electron chi connectivity index (χ1n) is 11.2. The topological polar surface area (TPSA) is 82.5 Å². The monoisotopic (exact) mass is 474 g/mol. The lowest BCUT2D eigenvalue weighted by atomic mass is 9.72. The highest BCUT2D eigenvalue weighted by atomic mass is 35.5. The van der Waals surface area contributed by atoms with Crippen molar-refractivity contribution in [2.45, 2.75) is 19.4 Å². The molecule has 3 aliphatic heterocycles. The molecule has 3 aliphatic rings. The van der Waals surface area contributed by atoms with Crippen LogP contribution in [0.5, 0.6) is 0 Å². The number of carbonyl (C=O) groups excluding carboxylic acids is 2. The fourth-order valence-corrected chi connectivity index (χ4v) is 5.67. The molecule has 6 rings (SSSR count). The Hall–Kier alpha value is -3.52. The number of hydrogen-bond donors (Lipinski definition) is 0. The second-order valence-electron chi connectivity index (χ2n) is 9.94. The molecule has 0 N–H and O–H groups in total. The number of pyridine rings is 1. The van der Waals surface area contributed by atoms with E-state index in [0.29, 0.717) is 16.1 Å². The number of halogens is 1. The summed E-state index contributed by atoms with van der Waals surface area (Å²) >= 11 is 6.22. The fourth-order valence-electron chi connectivity index (χ4n) is 5.50. The zero-order chi connectivity index (χ0) is 23.7. The predicted octanol–water partition coefficient (Wildman–Crippen LogP) is 3.38. The second-order valence-corrected chi connectivity index (χ2v) is 10.4. The van der Waals surface area contributed by atoms with Crippen LogP contribution in [0.1, 0.15) is 40.1 Å². The van der Waals surface area contributed by atoms with E-state index >= 15 is 0 Å². The summed E-state index contributed by atoms with van der Waals surface area (Å²) in [5.41, 5.74) is 3.41. The molecule has 9 heteroatoms. The maximum Gasteiger partial charge on any atom is 0.259 e. The average molecular weight is 475 g/mol. The van der Waals surface area contributed by atoms with Crippen LogP contribution in [0.3, 0.4) is 0 Å². The van der Waals surface area contributed by atoms with Gasteiger partial charge in [0.25, 0.3) is 11.8 Å². The Morgan fingerprint density at radius 2 is 1.65 bits per heavy atom. The molecule has 5 heterocycles. The van der Waals surface area contributed by atoms with Gasteiger partial charge in [0.1, 0.15) is 6.33 Å². The van der Waals surface area contributed by atoms with E-state index in [2.05, 4.69) is 19.9 Å². The van der Waals surface area contributed by atoms with Gasteiger partial charge >= 0.3 is 0 Å². The lowest BCUT2D eigenvalue weighted by molar-refractivity contribution is -0.0105. The number of rotatable bonds is 3. The number of anilines is 2. The van der Waals surface area contributed by atoms with Crippen molar-refractivity contribution in [3.63, 3.8) is 0 Å². The summed E-state index contributed by atoms with van der Waals surface area (Å²) < 4.78 is 0. The molecule has 1 spiro atoms. The van der Waals surface area contributed by atoms with Gasteiger partial charge in [-0.25, -0.2) is 9.97 Å². The first kappa shape index (κ1) is 21.0. The Kier molecular flexibility index (Phi) is 4.48. The van der Waals surface area contributed by atoms with Crippen LogP contribution in [0.15, 0.2) is 55.4 Å². The zero-order valence-corrected chi connectivity index (χ0v) is 19.7. The van der Waals surface area contributed by atoms with Gasteiger partial charge in [-0.2, -0.15) is 0 Å². The molecule has 0 saturated carbocycles. The molecule has 2 fully saturated rings. The predicted molar refractivity (Wildman–Crippen MR) is 128 cm³/mol. The molecule has 1 aromatic carbocycles. The van der Waals surface area contributed by atoms with Crippen LogP contribution in [0.4, 0.5) is 11.4 Å². The van der Waals surface area contributed by atoms with E-state index in [1.165, 1.54) is 6.33 Å². The van der Waals surface area contributed by atoms with E-state index in [-0.39, 0.29) is 17.2 Å². The average Bonchev–Trinajstić information content (AvgIpc) is 2.97. The largest absolute Gasteiger partial charge is 0.369 e. The SMILES string of the molecule is CC1(C)c2cc(Cl)ccc2C(=O)N1c1cncc(N2CC3(CN(C(=O)c4cncnc4)C3)C2)c1. The minimum absolute atomic E-state index is 0.0252. The molecule has 2 saturated heterocycles. The van der Waals surface area contributed by atoms with Crippen molar-refractivity contribution in [3.05, 3.63) is 77.1 Å². The van der Waals surface area contributed by atoms with Gasteiger partial charge in [0, 0.05) is 54.6 Å². The number of nitrogens with zero attached hydrogens (tertiary/aromatic N) is 6. The first-order chi connectivity index (χ1) is 16.3. The number of amides is 2. The quantitative estimate of drug-likeness (QED) is 0.578. The Balaban J connectivity index is 1.16. The summed E-state index contributed by atoms with van der Waals surface area (Å²) in [5, 5.41) is 0.618. The lowest BCUT2D eigenvalue weighted by Crippen LogP contribution is -2.73. The molecule has 0 aliphatic carbocycles. The molecule has 8 nitrogen and oxygen atoms in total. The Morgan fingerprint density at radius 1 is 0.941 bits per heavy atom. The fraction of sp³-hybridized carbons (Fsp3) is 0.320. The molecule has 0 radical (unpaired) electrons. The molecular formula is C25H23ClN6O2. The summed E-state index contributed by atoms with van der Waals surface area (Å²) in [7, 11) is 0. The number of carbonyl (C=O) groups is 2. The van der Waals surface area contributed by atoms with Crippen LogP contribution in [0.2, 0.25) is 5.02 Å². The van der Waals surface area contributed by atoms with Crippen molar-refractivity contribution in [1.82, 2.24) is 19.9 Å². The third kappa shape index (κ3) is 3.09. The van der Waals surface area contributed by atoms with Crippen LogP contribution >= 0.6 is 11.6 Å². The minimum Gasteiger partial charge on any atom is -0.369 e. The minimum atomic E-state index is -0.538. The van der Waals surface area contributed by atoms with Gasteiger partial charge in [-0.1, -0.05) is 11.6 Å². The molecule has 0 bridgehead atoms. The Morgan fingerprint density at radius 3 is 2.38 bits per heavy atom. The normalized spacial score (nSPS) is 19.6. The number of fused-ring (bicyclic) bond motifs is 1. The van der Waals surface area contributed by atoms with Crippen molar-refractivity contribution in [2.75, 3.05) is 36.0 Å². The molecule has 0 atom stereocenters. The van der Waals surface area contributed by atoms with Crippen LogP contribution < -0.4 is 9.80 Å². The van der Waals surface area contributed by atoms with Crippen LogP contribution in [-0.4, -0.2) is 57.8 Å². The zero-order valence-electron chi connectivity index (χ0n) is 18.9. The van der Waals surface area contributed by atoms with Crippen molar-refractivity contribution in [1.29, 1.82) is 0 Å². The molecule has 2 amide bonds. The Bertz CT molecular complexity index is 1310. The first-order valence-corrected chi connectivity index (χ1v) is 11.5. The van der Waals surface area contributed by atoms with E-state index < -0.39 is 5.54 Å². The van der Waals surface area contributed by atoms with Gasteiger partial charge in [-0.05, 0) is 43.7 Å². The third-order valence-electron chi connectivity index (χ3n) is 7.17. The number of benzene rings is 1. The molecule has 172 valence electrons. The van der Waals surface area contributed by atoms with Gasteiger partial charge in [-0.3, -0.25) is 19.5 Å². The van der Waals surface area contributed by atoms with E-state index in [0.717, 1.165) is 43.1 Å². The second kappa shape index (κ2) is 7.24. The van der Waals surface area contributed by atoms with E-state index in [1.807, 2.05) is 37.1 Å². The van der Waals surface area contributed by atoms with E-state index in [9.17, 15) is 9.59 Å². The molecule has 34 heavy (non-hydrogen) atoms. The van der Waals surface area contributed by atoms with Crippen LogP contribution in [0, 0.1) is 5.41 Å². The van der Waals surface area contributed by atoms with Gasteiger partial charge in [0.05, 0.1) is 34.9 Å². The van der Waals surface area contributed by atoms with Crippen molar-refractivity contribution in [2.24, 2.45) is 5.41 Å². The lowest BCUT2D eigenvalue weighted by Gasteiger charge is -2.60. The number of aromatic nitrogens is 3. The highest BCUT2D eigenvalue weighted by Crippen LogP contribution is 2.45. The number of hydrogen-bond acceptors (Lipinski definition) is 6. The van der Waals surface area contributed by atoms with Gasteiger partial charge in [0.2, 0.25) is 0 Å². The van der Waals surface area contributed by atoms with E-state index in [1.54, 1.807) is 35.6 Å². The Labute approximate surface area is 202 Å². The maximum absolute atomic E-state index is 13.3. The van der Waals surface area contributed by atoms with Gasteiger partial charge < -0.3 is 9.80 Å². The third-order valence-corrected chi connectivity index (χ3v) is 7.40. The van der Waals surface area contributed by atoms with Crippen LogP contribution in [-0.2, 0) is 5.54 Å². The summed E-state index contributed by atoms with van der Waals surface area (Å²) in [6.45, 7) is 7.18. The van der Waals surface area contributed by atoms with Crippen molar-refractivity contribution < 1.29 is 9.59 Å². The summed E-state index contributed by atoms with van der Waals surface area (Å²) in [4.78, 5) is 44.1. The molecule has 0 unspecified atom stereocenters. The highest BCUT2D eigenvalue weighted by Gasteiger charge is 2.53. The highest BCUT2D eigenvalue weighted by molar-refractivity contribution is 6.31. The summed E-state index contributed by atoms with van der Waals surface area (Å²) in [6.07, 6.45) is 8.09. The van der Waals surface area contributed by atoms with Crippen molar-refractivity contribution >= 4 is 34.8 Å². The maximum atomic E-state index is 13.3. The van der Waals surface area contributed by atoms with Crippen LogP contribution in [0.25, 0.3) is 0 Å². The molecule has 3 aromatic rings. The smallest absolute Gasteiger partial charge is 0.259 e. The van der Waals surface area contributed by atoms with Crippen molar-refractivity contribution in [3.8, 4) is 0 Å². The molecular weight excluding hydrogens is 452 g/mol. The summed E-state index contributed by atoms with van der Waals surface area (Å²) in [5.74, 6) is -0.0727. The number of likely N-dealkylation sites (tertiary alicyclic amines) is 1. The standard InChI is InChI=1S/C25H23ClN6O2/c1-24(2)21-5-17(26)3-4-20(21)23(34)32(24)19-6-18(9-27-10-19)30-11-25(12-30)13-31(14-25)22(33)16-7-28-15-29-8-16/h3-10,15H,11-14H2,1-2H3. The van der Waals surface area contributed by atoms with Gasteiger partial charge in [0.15, 0.2) is 0 Å². The summed E-state index contributed by atoms with van der Waals surface area (Å²) in [6, 6.07) is 7.44. The van der Waals surface area contributed by atoms with E-state index in [4.69, 9.17) is 11.6 Å². The van der Waals surface area contributed by atoms with Gasteiger partial charge in [-0.15, -0.1) is 0 Å². The molecule has 2 aromatic heterocycles.